The van der Waals surface area contributed by atoms with E-state index in [-0.39, 0.29) is 6.42 Å². The van der Waals surface area contributed by atoms with Gasteiger partial charge in [-0.1, -0.05) is 27.2 Å². The minimum Gasteiger partial charge on any atom is -0.481 e. The van der Waals surface area contributed by atoms with Gasteiger partial charge in [0.1, 0.15) is 0 Å². The molecule has 1 saturated carbocycles. The minimum atomic E-state index is -2.22. The summed E-state index contributed by atoms with van der Waals surface area (Å²) in [4.78, 5) is 34.9. The van der Waals surface area contributed by atoms with Gasteiger partial charge in [0, 0.05) is 0 Å². The van der Waals surface area contributed by atoms with E-state index in [2.05, 4.69) is 0 Å². The van der Waals surface area contributed by atoms with E-state index in [1.807, 2.05) is 0 Å². The highest BCUT2D eigenvalue weighted by Crippen LogP contribution is 2.50. The Labute approximate surface area is 117 Å². The fraction of sp³-hybridized carbons (Fsp3) is 0.786. The van der Waals surface area contributed by atoms with Crippen LogP contribution in [0.5, 0.6) is 0 Å². The summed E-state index contributed by atoms with van der Waals surface area (Å²) in [5.41, 5.74) is -2.69. The van der Waals surface area contributed by atoms with Crippen LogP contribution in [0, 0.1) is 22.7 Å². The summed E-state index contributed by atoms with van der Waals surface area (Å²) >= 11 is 0. The van der Waals surface area contributed by atoms with Gasteiger partial charge in [0.2, 0.25) is 0 Å². The highest BCUT2D eigenvalue weighted by atomic mass is 16.4. The summed E-state index contributed by atoms with van der Waals surface area (Å²) < 4.78 is 0. The van der Waals surface area contributed by atoms with Crippen molar-refractivity contribution in [3.05, 3.63) is 0 Å². The van der Waals surface area contributed by atoms with Crippen LogP contribution in [0.25, 0.3) is 0 Å². The zero-order valence-corrected chi connectivity index (χ0v) is 12.0. The molecule has 0 amide bonds. The molecule has 1 atom stereocenters. The summed E-state index contributed by atoms with van der Waals surface area (Å²) in [6, 6.07) is 0. The van der Waals surface area contributed by atoms with Crippen LogP contribution < -0.4 is 0 Å². The van der Waals surface area contributed by atoms with E-state index in [1.54, 1.807) is 20.8 Å². The molecule has 1 unspecified atom stereocenters. The van der Waals surface area contributed by atoms with Crippen LogP contribution in [0.2, 0.25) is 0 Å². The molecule has 1 aliphatic carbocycles. The molecule has 0 saturated heterocycles. The lowest BCUT2D eigenvalue weighted by Crippen LogP contribution is -2.56. The molecule has 0 aliphatic heterocycles. The smallest absolute Gasteiger partial charge is 0.322 e. The lowest BCUT2D eigenvalue weighted by atomic mass is 9.57. The highest BCUT2D eigenvalue weighted by molar-refractivity contribution is 6.02. The first-order chi connectivity index (χ1) is 9.03. The summed E-state index contributed by atoms with van der Waals surface area (Å²) in [5, 5.41) is 28.4. The predicted octanol–water partition coefficient (Wildman–Crippen LogP) is 2.08. The second kappa shape index (κ2) is 5.42. The van der Waals surface area contributed by atoms with Crippen molar-refractivity contribution in [3.8, 4) is 0 Å². The summed E-state index contributed by atoms with van der Waals surface area (Å²) in [6.45, 7) is 5.33. The number of carboxylic acid groups (broad SMARTS) is 3. The molecule has 0 aromatic heterocycles. The van der Waals surface area contributed by atoms with Gasteiger partial charge in [-0.2, -0.15) is 0 Å². The number of hydrogen-bond donors (Lipinski definition) is 3. The van der Waals surface area contributed by atoms with E-state index in [9.17, 15) is 29.7 Å². The monoisotopic (exact) mass is 286 g/mol. The van der Waals surface area contributed by atoms with Gasteiger partial charge in [-0.3, -0.25) is 14.4 Å². The van der Waals surface area contributed by atoms with Crippen molar-refractivity contribution in [2.45, 2.75) is 46.5 Å². The topological polar surface area (TPSA) is 112 Å². The van der Waals surface area contributed by atoms with Crippen LogP contribution in [-0.2, 0) is 14.4 Å². The number of hydrogen-bond acceptors (Lipinski definition) is 3. The standard InChI is InChI=1S/C14H22O6/c1-13(2,3)7-9(10(15)16)14(11(17)18,12(19)20)8-5-4-6-8/h8-9H,4-7H2,1-3H3,(H,15,16)(H,17,18)(H,19,20). The summed E-state index contributed by atoms with van der Waals surface area (Å²) in [6.07, 6.45) is 1.66. The molecule has 0 bridgehead atoms. The van der Waals surface area contributed by atoms with E-state index in [1.165, 1.54) is 0 Å². The second-order valence-corrected chi connectivity index (χ2v) is 6.76. The molecular weight excluding hydrogens is 264 g/mol. The van der Waals surface area contributed by atoms with Crippen molar-refractivity contribution in [1.82, 2.24) is 0 Å². The lowest BCUT2D eigenvalue weighted by molar-refractivity contribution is -0.186. The molecule has 1 fully saturated rings. The Morgan fingerprint density at radius 2 is 1.50 bits per heavy atom. The molecule has 6 heteroatoms. The Balaban J connectivity index is 3.34. The normalized spacial score (nSPS) is 18.1. The number of aliphatic carboxylic acids is 3. The zero-order valence-electron chi connectivity index (χ0n) is 12.0. The summed E-state index contributed by atoms with van der Waals surface area (Å²) in [5.74, 6) is -6.46. The molecule has 20 heavy (non-hydrogen) atoms. The van der Waals surface area contributed by atoms with Gasteiger partial charge in [-0.15, -0.1) is 0 Å². The Morgan fingerprint density at radius 1 is 1.05 bits per heavy atom. The van der Waals surface area contributed by atoms with Crippen molar-refractivity contribution in [2.75, 3.05) is 0 Å². The highest BCUT2D eigenvalue weighted by Gasteiger charge is 2.62. The van der Waals surface area contributed by atoms with Crippen LogP contribution in [0.15, 0.2) is 0 Å². The third-order valence-corrected chi connectivity index (χ3v) is 4.12. The third kappa shape index (κ3) is 2.78. The van der Waals surface area contributed by atoms with Crippen molar-refractivity contribution < 1.29 is 29.7 Å². The van der Waals surface area contributed by atoms with Gasteiger partial charge in [-0.05, 0) is 30.6 Å². The molecular formula is C14H22O6. The van der Waals surface area contributed by atoms with E-state index in [0.717, 1.165) is 6.42 Å². The molecule has 114 valence electrons. The van der Waals surface area contributed by atoms with Gasteiger partial charge < -0.3 is 15.3 Å². The Kier molecular flexibility index (Phi) is 4.46. The predicted molar refractivity (Wildman–Crippen MR) is 70.2 cm³/mol. The Bertz CT molecular complexity index is 402. The lowest BCUT2D eigenvalue weighted by Gasteiger charge is -2.43. The molecule has 6 nitrogen and oxygen atoms in total. The summed E-state index contributed by atoms with van der Waals surface area (Å²) in [7, 11) is 0. The molecule has 0 aromatic carbocycles. The van der Waals surface area contributed by atoms with Crippen molar-refractivity contribution >= 4 is 17.9 Å². The van der Waals surface area contributed by atoms with Gasteiger partial charge in [0.05, 0.1) is 5.92 Å². The minimum absolute atomic E-state index is 0.0113. The fourth-order valence-electron chi connectivity index (χ4n) is 2.94. The molecule has 3 N–H and O–H groups in total. The number of carbonyl (C=O) groups is 3. The van der Waals surface area contributed by atoms with E-state index in [4.69, 9.17) is 0 Å². The Hall–Kier alpha value is -1.59. The van der Waals surface area contributed by atoms with Crippen molar-refractivity contribution in [1.29, 1.82) is 0 Å². The molecule has 1 aliphatic rings. The van der Waals surface area contributed by atoms with Crippen molar-refractivity contribution in [2.24, 2.45) is 22.7 Å². The first kappa shape index (κ1) is 16.5. The molecule has 0 spiro atoms. The van der Waals surface area contributed by atoms with E-state index >= 15 is 0 Å². The average molecular weight is 286 g/mol. The quantitative estimate of drug-likeness (QED) is 0.644. The van der Waals surface area contributed by atoms with Crippen LogP contribution in [0.1, 0.15) is 46.5 Å². The molecule has 0 aromatic rings. The maximum atomic E-state index is 11.7. The number of rotatable bonds is 6. The average Bonchev–Trinajstić information content (AvgIpc) is 2.17. The van der Waals surface area contributed by atoms with Crippen LogP contribution in [-0.4, -0.2) is 33.2 Å². The first-order valence-electron chi connectivity index (χ1n) is 6.73. The van der Waals surface area contributed by atoms with E-state index in [0.29, 0.717) is 12.8 Å². The third-order valence-electron chi connectivity index (χ3n) is 4.12. The second-order valence-electron chi connectivity index (χ2n) is 6.76. The largest absolute Gasteiger partial charge is 0.481 e. The zero-order chi connectivity index (χ0) is 15.7. The van der Waals surface area contributed by atoms with Crippen LogP contribution >= 0.6 is 0 Å². The Morgan fingerprint density at radius 3 is 1.70 bits per heavy atom. The maximum Gasteiger partial charge on any atom is 0.322 e. The first-order valence-corrected chi connectivity index (χ1v) is 6.73. The molecule has 0 heterocycles. The SMILES string of the molecule is CC(C)(C)CC(C(=O)O)C(C(=O)O)(C(=O)O)C1CCC1. The fourth-order valence-corrected chi connectivity index (χ4v) is 2.94. The molecule has 1 rings (SSSR count). The maximum absolute atomic E-state index is 11.7. The van der Waals surface area contributed by atoms with Crippen LogP contribution in [0.4, 0.5) is 0 Å². The van der Waals surface area contributed by atoms with Crippen molar-refractivity contribution in [3.63, 3.8) is 0 Å². The van der Waals surface area contributed by atoms with E-state index < -0.39 is 40.6 Å². The van der Waals surface area contributed by atoms with Gasteiger partial charge in [0.25, 0.3) is 0 Å². The van der Waals surface area contributed by atoms with Gasteiger partial charge in [-0.25, -0.2) is 0 Å². The van der Waals surface area contributed by atoms with Gasteiger partial charge >= 0.3 is 17.9 Å². The van der Waals surface area contributed by atoms with Gasteiger partial charge in [0.15, 0.2) is 5.41 Å². The number of carboxylic acids is 3. The molecule has 0 radical (unpaired) electrons. The van der Waals surface area contributed by atoms with Crippen LogP contribution in [0.3, 0.4) is 0 Å².